The van der Waals surface area contributed by atoms with Crippen LogP contribution < -0.4 is 15.8 Å². The molecule has 2 rings (SSSR count). The summed E-state index contributed by atoms with van der Waals surface area (Å²) in [5.41, 5.74) is 7.44. The summed E-state index contributed by atoms with van der Waals surface area (Å²) in [7, 11) is 0. The number of carbonyl (C=O) groups excluding carboxylic acids is 2. The van der Waals surface area contributed by atoms with Gasteiger partial charge in [-0.2, -0.15) is 11.3 Å². The molecule has 158 valence electrons. The second-order valence-electron chi connectivity index (χ2n) is 7.07. The van der Waals surface area contributed by atoms with Crippen LogP contribution in [-0.4, -0.2) is 35.9 Å². The Kier molecular flexibility index (Phi) is 8.63. The first-order valence-corrected chi connectivity index (χ1v) is 10.5. The van der Waals surface area contributed by atoms with E-state index < -0.39 is 18.3 Å². The highest BCUT2D eigenvalue weighted by atomic mass is 32.1. The standard InChI is InChI=1S/C21H28N2O5S/c1-4-27-21(26)16-11-15(23-19(25)10-14-7-8-29-12-14)5-6-18(16)28-20(22)17(24)9-13(2)3/h5-8,11-13,17,20,24H,4,9-10,22H2,1-3H3,(H,23,25). The van der Waals surface area contributed by atoms with Gasteiger partial charge in [0.15, 0.2) is 6.23 Å². The summed E-state index contributed by atoms with van der Waals surface area (Å²) in [6.07, 6.45) is -1.17. The number of hydrogen-bond donors (Lipinski definition) is 3. The fourth-order valence-electron chi connectivity index (χ4n) is 2.70. The molecule has 0 saturated heterocycles. The van der Waals surface area contributed by atoms with Gasteiger partial charge in [0.1, 0.15) is 17.4 Å². The number of nitrogens with one attached hydrogen (secondary N) is 1. The maximum absolute atomic E-state index is 12.4. The zero-order valence-electron chi connectivity index (χ0n) is 16.9. The topological polar surface area (TPSA) is 111 Å². The van der Waals surface area contributed by atoms with Crippen molar-refractivity contribution in [3.05, 3.63) is 46.2 Å². The van der Waals surface area contributed by atoms with Crippen LogP contribution in [0, 0.1) is 5.92 Å². The summed E-state index contributed by atoms with van der Waals surface area (Å²) in [6, 6.07) is 6.52. The van der Waals surface area contributed by atoms with Crippen molar-refractivity contribution in [2.75, 3.05) is 11.9 Å². The highest BCUT2D eigenvalue weighted by Gasteiger charge is 2.22. The van der Waals surface area contributed by atoms with Gasteiger partial charge in [-0.15, -0.1) is 0 Å². The van der Waals surface area contributed by atoms with Crippen LogP contribution in [-0.2, 0) is 16.0 Å². The van der Waals surface area contributed by atoms with Gasteiger partial charge in [-0.3, -0.25) is 10.5 Å². The van der Waals surface area contributed by atoms with E-state index in [-0.39, 0.29) is 36.2 Å². The lowest BCUT2D eigenvalue weighted by molar-refractivity contribution is -0.115. The first-order chi connectivity index (χ1) is 13.8. The minimum absolute atomic E-state index is 0.132. The van der Waals surface area contributed by atoms with E-state index in [0.29, 0.717) is 12.1 Å². The number of aliphatic hydroxyl groups excluding tert-OH is 1. The molecule has 1 aromatic heterocycles. The minimum Gasteiger partial charge on any atom is -0.472 e. The Morgan fingerprint density at radius 3 is 2.66 bits per heavy atom. The lowest BCUT2D eigenvalue weighted by Crippen LogP contribution is -2.40. The number of rotatable bonds is 10. The molecular weight excluding hydrogens is 392 g/mol. The number of benzene rings is 1. The SMILES string of the molecule is CCOC(=O)c1cc(NC(=O)Cc2ccsc2)ccc1OC(N)C(O)CC(C)C. The Balaban J connectivity index is 2.16. The Morgan fingerprint density at radius 2 is 2.03 bits per heavy atom. The highest BCUT2D eigenvalue weighted by Crippen LogP contribution is 2.26. The van der Waals surface area contributed by atoms with Gasteiger partial charge in [0.2, 0.25) is 5.91 Å². The molecule has 0 spiro atoms. The summed E-state index contributed by atoms with van der Waals surface area (Å²) in [6.45, 7) is 5.82. The van der Waals surface area contributed by atoms with Crippen molar-refractivity contribution in [2.24, 2.45) is 11.7 Å². The van der Waals surface area contributed by atoms with Crippen LogP contribution in [0.1, 0.15) is 43.1 Å². The van der Waals surface area contributed by atoms with Crippen molar-refractivity contribution in [1.29, 1.82) is 0 Å². The van der Waals surface area contributed by atoms with Gasteiger partial charge in [0.05, 0.1) is 13.0 Å². The van der Waals surface area contributed by atoms with Crippen molar-refractivity contribution in [3.8, 4) is 5.75 Å². The molecule has 0 radical (unpaired) electrons. The zero-order chi connectivity index (χ0) is 21.4. The first-order valence-electron chi connectivity index (χ1n) is 9.52. The predicted molar refractivity (Wildman–Crippen MR) is 113 cm³/mol. The monoisotopic (exact) mass is 420 g/mol. The molecule has 2 atom stereocenters. The number of thiophene rings is 1. The van der Waals surface area contributed by atoms with E-state index in [1.54, 1.807) is 13.0 Å². The third kappa shape index (κ3) is 7.16. The molecule has 0 bridgehead atoms. The summed E-state index contributed by atoms with van der Waals surface area (Å²) >= 11 is 1.52. The maximum Gasteiger partial charge on any atom is 0.341 e. The molecule has 29 heavy (non-hydrogen) atoms. The largest absolute Gasteiger partial charge is 0.472 e. The third-order valence-electron chi connectivity index (χ3n) is 4.06. The molecular formula is C21H28N2O5S. The fraction of sp³-hybridized carbons (Fsp3) is 0.429. The van der Waals surface area contributed by atoms with Crippen molar-refractivity contribution in [2.45, 2.75) is 45.9 Å². The van der Waals surface area contributed by atoms with Gasteiger partial charge in [-0.1, -0.05) is 13.8 Å². The molecule has 1 amide bonds. The van der Waals surface area contributed by atoms with Gasteiger partial charge in [-0.05, 0) is 59.9 Å². The normalized spacial score (nSPS) is 13.0. The fourth-order valence-corrected chi connectivity index (χ4v) is 3.37. The first kappa shape index (κ1) is 22.9. The molecule has 1 heterocycles. The molecule has 0 saturated carbocycles. The van der Waals surface area contributed by atoms with Crippen LogP contribution >= 0.6 is 11.3 Å². The summed E-state index contributed by atoms with van der Waals surface area (Å²) < 4.78 is 10.7. The van der Waals surface area contributed by atoms with Crippen molar-refractivity contribution >= 4 is 28.9 Å². The number of carbonyl (C=O) groups is 2. The Hall–Kier alpha value is -2.42. The van der Waals surface area contributed by atoms with E-state index in [1.807, 2.05) is 30.7 Å². The van der Waals surface area contributed by atoms with E-state index in [4.69, 9.17) is 15.2 Å². The van der Waals surface area contributed by atoms with Crippen molar-refractivity contribution in [3.63, 3.8) is 0 Å². The number of hydrogen-bond acceptors (Lipinski definition) is 7. The van der Waals surface area contributed by atoms with Gasteiger partial charge in [0.25, 0.3) is 0 Å². The molecule has 0 fully saturated rings. The Bertz CT molecular complexity index is 807. The zero-order valence-corrected chi connectivity index (χ0v) is 17.7. The molecule has 2 unspecified atom stereocenters. The molecule has 1 aromatic carbocycles. The molecule has 8 heteroatoms. The second kappa shape index (κ2) is 10.9. The molecule has 7 nitrogen and oxygen atoms in total. The lowest BCUT2D eigenvalue weighted by atomic mass is 10.1. The number of nitrogens with two attached hydrogens (primary N) is 1. The molecule has 0 aliphatic rings. The predicted octanol–water partition coefficient (Wildman–Crippen LogP) is 3.18. The average Bonchev–Trinajstić information content (AvgIpc) is 3.15. The second-order valence-corrected chi connectivity index (χ2v) is 7.85. The van der Waals surface area contributed by atoms with E-state index in [2.05, 4.69) is 5.32 Å². The number of anilines is 1. The smallest absolute Gasteiger partial charge is 0.341 e. The van der Waals surface area contributed by atoms with Crippen molar-refractivity contribution in [1.82, 2.24) is 0 Å². The summed E-state index contributed by atoms with van der Waals surface area (Å²) in [4.78, 5) is 24.6. The maximum atomic E-state index is 12.4. The van der Waals surface area contributed by atoms with E-state index in [9.17, 15) is 14.7 Å². The van der Waals surface area contributed by atoms with Crippen LogP contribution in [0.15, 0.2) is 35.0 Å². The van der Waals surface area contributed by atoms with E-state index >= 15 is 0 Å². The molecule has 0 aliphatic heterocycles. The van der Waals surface area contributed by atoms with E-state index in [0.717, 1.165) is 5.56 Å². The Morgan fingerprint density at radius 1 is 1.28 bits per heavy atom. The number of esters is 1. The third-order valence-corrected chi connectivity index (χ3v) is 4.79. The minimum atomic E-state index is -0.996. The summed E-state index contributed by atoms with van der Waals surface area (Å²) in [5.74, 6) is -0.363. The van der Waals surface area contributed by atoms with Crippen molar-refractivity contribution < 1.29 is 24.2 Å². The average molecular weight is 421 g/mol. The highest BCUT2D eigenvalue weighted by molar-refractivity contribution is 7.08. The lowest BCUT2D eigenvalue weighted by Gasteiger charge is -2.23. The molecule has 0 aliphatic carbocycles. The number of aliphatic hydroxyl groups is 1. The summed E-state index contributed by atoms with van der Waals surface area (Å²) in [5, 5.41) is 16.7. The van der Waals surface area contributed by atoms with Gasteiger partial charge >= 0.3 is 5.97 Å². The molecule has 4 N–H and O–H groups in total. The van der Waals surface area contributed by atoms with Crippen LogP contribution in [0.3, 0.4) is 0 Å². The number of ether oxygens (including phenoxy) is 2. The van der Waals surface area contributed by atoms with E-state index in [1.165, 1.54) is 23.5 Å². The van der Waals surface area contributed by atoms with Gasteiger partial charge < -0.3 is 19.9 Å². The molecule has 2 aromatic rings. The van der Waals surface area contributed by atoms with Crippen LogP contribution in [0.4, 0.5) is 5.69 Å². The van der Waals surface area contributed by atoms with Crippen LogP contribution in [0.5, 0.6) is 5.75 Å². The van der Waals surface area contributed by atoms with Crippen LogP contribution in [0.25, 0.3) is 0 Å². The van der Waals surface area contributed by atoms with Gasteiger partial charge in [0, 0.05) is 5.69 Å². The van der Waals surface area contributed by atoms with Gasteiger partial charge in [-0.25, -0.2) is 4.79 Å². The quantitative estimate of drug-likeness (QED) is 0.402. The van der Waals surface area contributed by atoms with Crippen LogP contribution in [0.2, 0.25) is 0 Å². The Labute approximate surface area is 174 Å². The number of amides is 1.